The van der Waals surface area contributed by atoms with Crippen LogP contribution in [0.2, 0.25) is 0 Å². The normalized spacial score (nSPS) is 13.7. The summed E-state index contributed by atoms with van der Waals surface area (Å²) in [4.78, 5) is 0. The molecule has 1 aromatic rings. The van der Waals surface area contributed by atoms with E-state index in [0.717, 1.165) is 35.7 Å². The summed E-state index contributed by atoms with van der Waals surface area (Å²) in [5.74, 6) is 2.96. The third kappa shape index (κ3) is 3.79. The van der Waals surface area contributed by atoms with Crippen molar-refractivity contribution in [2.75, 3.05) is 28.4 Å². The lowest BCUT2D eigenvalue weighted by Gasteiger charge is -2.24. The summed E-state index contributed by atoms with van der Waals surface area (Å²) in [6.45, 7) is 4.46. The fraction of sp³-hybridized carbons (Fsp3) is 0.625. The van der Waals surface area contributed by atoms with Crippen molar-refractivity contribution in [3.63, 3.8) is 0 Å². The van der Waals surface area contributed by atoms with Crippen LogP contribution in [0.4, 0.5) is 0 Å². The molecule has 2 atom stereocenters. The Morgan fingerprint density at radius 2 is 1.60 bits per heavy atom. The molecule has 2 unspecified atom stereocenters. The van der Waals surface area contributed by atoms with Gasteiger partial charge in [-0.1, -0.05) is 20.3 Å². The summed E-state index contributed by atoms with van der Waals surface area (Å²) in [6.07, 6.45) is 2.19. The highest BCUT2D eigenvalue weighted by molar-refractivity contribution is 5.52. The zero-order valence-corrected chi connectivity index (χ0v) is 13.4. The third-order valence-electron chi connectivity index (χ3n) is 3.79. The van der Waals surface area contributed by atoms with E-state index in [4.69, 9.17) is 14.2 Å². The predicted molar refractivity (Wildman–Crippen MR) is 82.0 cm³/mol. The van der Waals surface area contributed by atoms with E-state index >= 15 is 0 Å². The first-order valence-electron chi connectivity index (χ1n) is 7.08. The molecule has 0 saturated heterocycles. The quantitative estimate of drug-likeness (QED) is 0.792. The molecule has 0 bridgehead atoms. The average molecular weight is 281 g/mol. The summed E-state index contributed by atoms with van der Waals surface area (Å²) in [6, 6.07) is 4.00. The van der Waals surface area contributed by atoms with Crippen LogP contribution >= 0.6 is 0 Å². The summed E-state index contributed by atoms with van der Waals surface area (Å²) >= 11 is 0. The van der Waals surface area contributed by atoms with Gasteiger partial charge in [0, 0.05) is 18.2 Å². The van der Waals surface area contributed by atoms with Crippen molar-refractivity contribution in [1.82, 2.24) is 5.32 Å². The number of hydrogen-bond acceptors (Lipinski definition) is 4. The Morgan fingerprint density at radius 3 is 1.95 bits per heavy atom. The van der Waals surface area contributed by atoms with E-state index in [1.54, 1.807) is 21.3 Å². The Morgan fingerprint density at radius 1 is 1.05 bits per heavy atom. The molecule has 0 fully saturated rings. The summed E-state index contributed by atoms with van der Waals surface area (Å²) in [5, 5.41) is 3.37. The van der Waals surface area contributed by atoms with Gasteiger partial charge in [-0.25, -0.2) is 0 Å². The van der Waals surface area contributed by atoms with Crippen molar-refractivity contribution in [2.45, 2.75) is 32.7 Å². The Kier molecular flexibility index (Phi) is 6.65. The van der Waals surface area contributed by atoms with Crippen molar-refractivity contribution in [3.8, 4) is 17.2 Å². The molecular formula is C16H27NO3. The molecule has 1 aromatic carbocycles. The first-order valence-corrected chi connectivity index (χ1v) is 7.08. The van der Waals surface area contributed by atoms with E-state index in [9.17, 15) is 0 Å². The number of nitrogens with one attached hydrogen (secondary N) is 1. The van der Waals surface area contributed by atoms with E-state index in [1.165, 1.54) is 0 Å². The highest BCUT2D eigenvalue weighted by Crippen LogP contribution is 2.40. The minimum Gasteiger partial charge on any atom is -0.496 e. The molecule has 4 nitrogen and oxygen atoms in total. The highest BCUT2D eigenvalue weighted by Gasteiger charge is 2.22. The van der Waals surface area contributed by atoms with Gasteiger partial charge in [-0.3, -0.25) is 0 Å². The molecule has 0 aliphatic carbocycles. The summed E-state index contributed by atoms with van der Waals surface area (Å²) < 4.78 is 16.3. The van der Waals surface area contributed by atoms with Crippen LogP contribution in [-0.2, 0) is 0 Å². The van der Waals surface area contributed by atoms with Gasteiger partial charge in [-0.05, 0) is 19.4 Å². The standard InChI is InChI=1S/C16H27NO3/c1-7-11(2)8-13(17-3)16-14(19-5)9-12(18-4)10-15(16)20-6/h9-11,13,17H,7-8H2,1-6H3. The molecule has 0 amide bonds. The molecule has 1 N–H and O–H groups in total. The van der Waals surface area contributed by atoms with Gasteiger partial charge >= 0.3 is 0 Å². The van der Waals surface area contributed by atoms with Crippen LogP contribution in [0.25, 0.3) is 0 Å². The van der Waals surface area contributed by atoms with Gasteiger partial charge in [0.2, 0.25) is 0 Å². The second-order valence-corrected chi connectivity index (χ2v) is 5.04. The van der Waals surface area contributed by atoms with Crippen molar-refractivity contribution in [1.29, 1.82) is 0 Å². The first-order chi connectivity index (χ1) is 9.60. The maximum atomic E-state index is 5.53. The minimum atomic E-state index is 0.195. The maximum Gasteiger partial charge on any atom is 0.131 e. The zero-order chi connectivity index (χ0) is 15.1. The lowest BCUT2D eigenvalue weighted by atomic mass is 9.93. The van der Waals surface area contributed by atoms with Gasteiger partial charge < -0.3 is 19.5 Å². The summed E-state index contributed by atoms with van der Waals surface area (Å²) in [7, 11) is 6.96. The largest absolute Gasteiger partial charge is 0.496 e. The van der Waals surface area contributed by atoms with Crippen LogP contribution in [-0.4, -0.2) is 28.4 Å². The van der Waals surface area contributed by atoms with Crippen molar-refractivity contribution in [3.05, 3.63) is 17.7 Å². The number of benzene rings is 1. The molecule has 0 saturated carbocycles. The van der Waals surface area contributed by atoms with Crippen molar-refractivity contribution >= 4 is 0 Å². The van der Waals surface area contributed by atoms with Gasteiger partial charge in [0.1, 0.15) is 17.2 Å². The molecule has 0 spiro atoms. The van der Waals surface area contributed by atoms with E-state index in [1.807, 2.05) is 19.2 Å². The van der Waals surface area contributed by atoms with Gasteiger partial charge in [-0.2, -0.15) is 0 Å². The second-order valence-electron chi connectivity index (χ2n) is 5.04. The van der Waals surface area contributed by atoms with Crippen LogP contribution in [0.5, 0.6) is 17.2 Å². The van der Waals surface area contributed by atoms with Gasteiger partial charge in [-0.15, -0.1) is 0 Å². The lowest BCUT2D eigenvalue weighted by Crippen LogP contribution is -2.20. The molecule has 0 aliphatic rings. The van der Waals surface area contributed by atoms with Crippen LogP contribution < -0.4 is 19.5 Å². The number of hydrogen-bond donors (Lipinski definition) is 1. The number of methoxy groups -OCH3 is 3. The molecular weight excluding hydrogens is 254 g/mol. The fourth-order valence-electron chi connectivity index (χ4n) is 2.33. The van der Waals surface area contributed by atoms with Crippen molar-refractivity contribution < 1.29 is 14.2 Å². The Labute approximate surface area is 122 Å². The molecule has 0 aliphatic heterocycles. The van der Waals surface area contributed by atoms with Crippen LogP contribution in [0.15, 0.2) is 12.1 Å². The van der Waals surface area contributed by atoms with E-state index < -0.39 is 0 Å². The molecule has 0 aromatic heterocycles. The second kappa shape index (κ2) is 8.00. The van der Waals surface area contributed by atoms with E-state index in [2.05, 4.69) is 19.2 Å². The molecule has 0 heterocycles. The molecule has 1 rings (SSSR count). The maximum absolute atomic E-state index is 5.53. The molecule has 114 valence electrons. The smallest absolute Gasteiger partial charge is 0.131 e. The first kappa shape index (κ1) is 16.6. The van der Waals surface area contributed by atoms with Gasteiger partial charge in [0.15, 0.2) is 0 Å². The molecule has 0 radical (unpaired) electrons. The zero-order valence-electron chi connectivity index (χ0n) is 13.4. The monoisotopic (exact) mass is 281 g/mol. The Hall–Kier alpha value is -1.42. The predicted octanol–water partition coefficient (Wildman–Crippen LogP) is 3.41. The minimum absolute atomic E-state index is 0.195. The lowest BCUT2D eigenvalue weighted by molar-refractivity contribution is 0.346. The van der Waals surface area contributed by atoms with Crippen LogP contribution in [0.1, 0.15) is 38.3 Å². The van der Waals surface area contributed by atoms with Crippen molar-refractivity contribution in [2.24, 2.45) is 5.92 Å². The third-order valence-corrected chi connectivity index (χ3v) is 3.79. The van der Waals surface area contributed by atoms with Gasteiger partial charge in [0.25, 0.3) is 0 Å². The molecule has 20 heavy (non-hydrogen) atoms. The SMILES string of the molecule is CCC(C)CC(NC)c1c(OC)cc(OC)cc1OC. The van der Waals surface area contributed by atoms with Gasteiger partial charge in [0.05, 0.1) is 26.9 Å². The fourth-order valence-corrected chi connectivity index (χ4v) is 2.33. The molecule has 4 heteroatoms. The van der Waals surface area contributed by atoms with E-state index in [-0.39, 0.29) is 6.04 Å². The van der Waals surface area contributed by atoms with Crippen LogP contribution in [0, 0.1) is 5.92 Å². The average Bonchev–Trinajstić information content (AvgIpc) is 2.50. The van der Waals surface area contributed by atoms with E-state index in [0.29, 0.717) is 5.92 Å². The number of ether oxygens (including phenoxy) is 3. The Balaban J connectivity index is 3.24. The highest BCUT2D eigenvalue weighted by atomic mass is 16.5. The van der Waals surface area contributed by atoms with Crippen LogP contribution in [0.3, 0.4) is 0 Å². The summed E-state index contributed by atoms with van der Waals surface area (Å²) in [5.41, 5.74) is 1.05. The number of rotatable bonds is 8. The Bertz CT molecular complexity index is 395. The topological polar surface area (TPSA) is 39.7 Å².